The number of nitrogens with zero attached hydrogens (tertiary/aromatic N) is 5. The highest BCUT2D eigenvalue weighted by Gasteiger charge is 2.57. The van der Waals surface area contributed by atoms with E-state index in [1.54, 1.807) is 4.90 Å². The van der Waals surface area contributed by atoms with Crippen molar-refractivity contribution >= 4 is 35.0 Å². The van der Waals surface area contributed by atoms with Gasteiger partial charge >= 0.3 is 0 Å². The minimum absolute atomic E-state index is 0.0139. The van der Waals surface area contributed by atoms with Gasteiger partial charge < -0.3 is 5.32 Å². The monoisotopic (exact) mass is 418 g/mol. The molecule has 3 aromatic rings. The number of thioether (sulfide) groups is 1. The summed E-state index contributed by atoms with van der Waals surface area (Å²) in [5.74, 6) is 0.500. The first-order chi connectivity index (χ1) is 14.7. The van der Waals surface area contributed by atoms with Gasteiger partial charge in [0, 0.05) is 22.6 Å². The molecule has 1 N–H and O–H groups in total. The average molecular weight is 418 g/mol. The molecule has 2 amide bonds. The van der Waals surface area contributed by atoms with Gasteiger partial charge in [0.15, 0.2) is 10.7 Å². The summed E-state index contributed by atoms with van der Waals surface area (Å²) in [6.07, 6.45) is 3.01. The van der Waals surface area contributed by atoms with Crippen molar-refractivity contribution < 1.29 is 9.59 Å². The summed E-state index contributed by atoms with van der Waals surface area (Å²) in [6, 6.07) is 15.6. The zero-order valence-corrected chi connectivity index (χ0v) is 16.8. The number of aromatic nitrogens is 4. The van der Waals surface area contributed by atoms with Crippen LogP contribution in [0, 0.1) is 0 Å². The number of rotatable bonds is 4. The molecule has 1 aliphatic carbocycles. The van der Waals surface area contributed by atoms with Crippen molar-refractivity contribution in [2.24, 2.45) is 0 Å². The van der Waals surface area contributed by atoms with Crippen LogP contribution in [0.4, 0.5) is 11.4 Å². The first-order valence-corrected chi connectivity index (χ1v) is 10.8. The Balaban J connectivity index is 1.31. The SMILES string of the molecule is O=C1CCC2(C(=O)Nc3cccc(-c4nnnn4C4CC4)c3)Sc3ccccc3N12. The predicted molar refractivity (Wildman–Crippen MR) is 112 cm³/mol. The van der Waals surface area contributed by atoms with Crippen molar-refractivity contribution in [1.29, 1.82) is 0 Å². The average Bonchev–Trinajstić information content (AvgIpc) is 3.24. The summed E-state index contributed by atoms with van der Waals surface area (Å²) in [4.78, 5) is 27.7. The van der Waals surface area contributed by atoms with Crippen molar-refractivity contribution in [3.63, 3.8) is 0 Å². The Labute approximate surface area is 176 Å². The minimum Gasteiger partial charge on any atom is -0.323 e. The van der Waals surface area contributed by atoms with E-state index in [1.165, 1.54) is 11.8 Å². The van der Waals surface area contributed by atoms with E-state index in [1.807, 2.05) is 53.2 Å². The molecule has 1 atom stereocenters. The van der Waals surface area contributed by atoms with Crippen molar-refractivity contribution in [1.82, 2.24) is 20.2 Å². The summed E-state index contributed by atoms with van der Waals surface area (Å²) in [7, 11) is 0. The van der Waals surface area contributed by atoms with Crippen LogP contribution in [0.5, 0.6) is 0 Å². The third-order valence-electron chi connectivity index (χ3n) is 5.79. The molecule has 9 heteroatoms. The number of hydrogen-bond acceptors (Lipinski definition) is 6. The number of benzene rings is 2. The first-order valence-electron chi connectivity index (χ1n) is 9.97. The van der Waals surface area contributed by atoms with E-state index in [2.05, 4.69) is 20.8 Å². The van der Waals surface area contributed by atoms with Gasteiger partial charge in [-0.2, -0.15) is 0 Å². The Morgan fingerprint density at radius 2 is 2.03 bits per heavy atom. The van der Waals surface area contributed by atoms with Crippen molar-refractivity contribution in [2.45, 2.75) is 41.5 Å². The zero-order valence-electron chi connectivity index (χ0n) is 16.0. The summed E-state index contributed by atoms with van der Waals surface area (Å²) < 4.78 is 1.85. The number of para-hydroxylation sites is 1. The standard InChI is InChI=1S/C21H18N6O2S/c28-18-10-11-21(26(18)16-6-1-2-7-17(16)30-21)20(29)22-14-5-3-4-13(12-14)19-23-24-25-27(19)15-8-9-15/h1-7,12,15H,8-11H2,(H,22,29). The highest BCUT2D eigenvalue weighted by molar-refractivity contribution is 8.02. The van der Waals surface area contributed by atoms with Crippen LogP contribution in [0.25, 0.3) is 11.4 Å². The van der Waals surface area contributed by atoms with Gasteiger partial charge in [-0.05, 0) is 54.0 Å². The predicted octanol–water partition coefficient (Wildman–Crippen LogP) is 3.24. The quantitative estimate of drug-likeness (QED) is 0.699. The van der Waals surface area contributed by atoms with Crippen molar-refractivity contribution in [2.75, 3.05) is 10.2 Å². The Bertz CT molecular complexity index is 1190. The van der Waals surface area contributed by atoms with E-state index >= 15 is 0 Å². The molecule has 3 aliphatic rings. The number of anilines is 2. The molecule has 150 valence electrons. The van der Waals surface area contributed by atoms with E-state index in [9.17, 15) is 9.59 Å². The fourth-order valence-corrected chi connectivity index (χ4v) is 5.63. The Morgan fingerprint density at radius 3 is 2.90 bits per heavy atom. The van der Waals surface area contributed by atoms with Gasteiger partial charge in [-0.3, -0.25) is 14.5 Å². The smallest absolute Gasteiger partial charge is 0.261 e. The Kier molecular flexibility index (Phi) is 3.76. The number of hydrogen-bond donors (Lipinski definition) is 1. The summed E-state index contributed by atoms with van der Waals surface area (Å²) >= 11 is 1.46. The number of carbonyl (C=O) groups is 2. The lowest BCUT2D eigenvalue weighted by Crippen LogP contribution is -2.49. The third kappa shape index (κ3) is 2.58. The number of carbonyl (C=O) groups excluding carboxylic acids is 2. The normalized spacial score (nSPS) is 22.1. The molecule has 6 rings (SSSR count). The first kappa shape index (κ1) is 17.6. The van der Waals surface area contributed by atoms with Crippen LogP contribution >= 0.6 is 11.8 Å². The molecular weight excluding hydrogens is 400 g/mol. The summed E-state index contributed by atoms with van der Waals surface area (Å²) in [5, 5.41) is 15.1. The second-order valence-corrected chi connectivity index (χ2v) is 9.12. The van der Waals surface area contributed by atoms with Gasteiger partial charge in [0.25, 0.3) is 5.91 Å². The third-order valence-corrected chi connectivity index (χ3v) is 7.27. The molecule has 2 aliphatic heterocycles. The molecule has 1 aromatic heterocycles. The van der Waals surface area contributed by atoms with Crippen LogP contribution < -0.4 is 10.2 Å². The van der Waals surface area contributed by atoms with Gasteiger partial charge in [-0.15, -0.1) is 5.10 Å². The van der Waals surface area contributed by atoms with E-state index in [4.69, 9.17) is 0 Å². The lowest BCUT2D eigenvalue weighted by atomic mass is 10.1. The van der Waals surface area contributed by atoms with Gasteiger partial charge in [0.2, 0.25) is 5.91 Å². The molecule has 0 bridgehead atoms. The second kappa shape index (κ2) is 6.40. The Hall–Kier alpha value is -3.20. The molecule has 0 spiro atoms. The number of nitrogens with one attached hydrogen (secondary N) is 1. The van der Waals surface area contributed by atoms with Crippen molar-refractivity contribution in [3.05, 3.63) is 48.5 Å². The summed E-state index contributed by atoms with van der Waals surface area (Å²) in [5.41, 5.74) is 2.33. The van der Waals surface area contributed by atoms with Gasteiger partial charge in [-0.1, -0.05) is 36.0 Å². The minimum atomic E-state index is -0.938. The fourth-order valence-electron chi connectivity index (χ4n) is 4.21. The van der Waals surface area contributed by atoms with Gasteiger partial charge in [0.1, 0.15) is 0 Å². The summed E-state index contributed by atoms with van der Waals surface area (Å²) in [6.45, 7) is 0. The number of tetrazole rings is 1. The fraction of sp³-hybridized carbons (Fsp3) is 0.286. The van der Waals surface area contributed by atoms with Crippen LogP contribution in [0.2, 0.25) is 0 Å². The topological polar surface area (TPSA) is 93.0 Å². The molecule has 1 saturated carbocycles. The molecular formula is C21H18N6O2S. The van der Waals surface area contributed by atoms with Crippen LogP contribution in [0.1, 0.15) is 31.7 Å². The van der Waals surface area contributed by atoms with Gasteiger partial charge in [-0.25, -0.2) is 4.68 Å². The van der Waals surface area contributed by atoms with Crippen molar-refractivity contribution in [3.8, 4) is 11.4 Å². The molecule has 8 nitrogen and oxygen atoms in total. The maximum absolute atomic E-state index is 13.4. The lowest BCUT2D eigenvalue weighted by Gasteiger charge is -2.29. The van der Waals surface area contributed by atoms with E-state index in [0.717, 1.165) is 29.0 Å². The number of fused-ring (bicyclic) bond motifs is 3. The number of amides is 2. The van der Waals surface area contributed by atoms with Crippen LogP contribution in [0.15, 0.2) is 53.4 Å². The maximum atomic E-state index is 13.4. The van der Waals surface area contributed by atoms with Crippen LogP contribution in [0.3, 0.4) is 0 Å². The highest BCUT2D eigenvalue weighted by Crippen LogP contribution is 2.56. The van der Waals surface area contributed by atoms with Crippen LogP contribution in [-0.4, -0.2) is 36.9 Å². The molecule has 0 radical (unpaired) electrons. The highest BCUT2D eigenvalue weighted by atomic mass is 32.2. The molecule has 2 aromatic carbocycles. The molecule has 1 unspecified atom stereocenters. The van der Waals surface area contributed by atoms with E-state index in [-0.39, 0.29) is 11.8 Å². The van der Waals surface area contributed by atoms with E-state index < -0.39 is 4.87 Å². The molecule has 3 heterocycles. The Morgan fingerprint density at radius 1 is 1.17 bits per heavy atom. The molecule has 1 saturated heterocycles. The van der Waals surface area contributed by atoms with Gasteiger partial charge in [0.05, 0.1) is 11.7 Å². The molecule has 2 fully saturated rings. The zero-order chi connectivity index (χ0) is 20.3. The van der Waals surface area contributed by atoms with E-state index in [0.29, 0.717) is 30.4 Å². The van der Waals surface area contributed by atoms with Crippen LogP contribution in [-0.2, 0) is 9.59 Å². The second-order valence-electron chi connectivity index (χ2n) is 7.80. The lowest BCUT2D eigenvalue weighted by molar-refractivity contribution is -0.121. The molecule has 30 heavy (non-hydrogen) atoms. The maximum Gasteiger partial charge on any atom is 0.261 e. The largest absolute Gasteiger partial charge is 0.323 e.